The van der Waals surface area contributed by atoms with Crippen molar-refractivity contribution in [2.24, 2.45) is 5.16 Å². The lowest BCUT2D eigenvalue weighted by atomic mass is 10.2. The number of carbonyl (C=O) groups is 1. The van der Waals surface area contributed by atoms with E-state index in [1.807, 2.05) is 18.2 Å². The summed E-state index contributed by atoms with van der Waals surface area (Å²) in [5.41, 5.74) is 1.30. The Morgan fingerprint density at radius 2 is 2.11 bits per heavy atom. The van der Waals surface area contributed by atoms with E-state index in [4.69, 9.17) is 5.21 Å². The molecule has 0 unspecified atom stereocenters. The molecule has 0 saturated heterocycles. The fourth-order valence-electron chi connectivity index (χ4n) is 1.79. The first-order valence-corrected chi connectivity index (χ1v) is 6.40. The van der Waals surface area contributed by atoms with Gasteiger partial charge in [-0.2, -0.15) is 0 Å². The van der Waals surface area contributed by atoms with Gasteiger partial charge in [0.15, 0.2) is 0 Å². The maximum atomic E-state index is 11.0. The van der Waals surface area contributed by atoms with E-state index in [1.165, 1.54) is 5.56 Å². The molecule has 0 heterocycles. The second-order valence-electron chi connectivity index (χ2n) is 4.47. The van der Waals surface area contributed by atoms with Gasteiger partial charge in [0.2, 0.25) is 0 Å². The summed E-state index contributed by atoms with van der Waals surface area (Å²) in [5, 5.41) is 13.5. The molecule has 1 amide bonds. The quantitative estimate of drug-likeness (QED) is 0.323. The van der Waals surface area contributed by atoms with Crippen LogP contribution in [0.25, 0.3) is 0 Å². The minimum Gasteiger partial charge on any atom is -0.411 e. The molecule has 1 aromatic carbocycles. The summed E-state index contributed by atoms with van der Waals surface area (Å²) in [6.45, 7) is 2.52. The number of hydrogen-bond acceptors (Lipinski definition) is 4. The van der Waals surface area contributed by atoms with Crippen molar-refractivity contribution in [1.29, 1.82) is 0 Å². The van der Waals surface area contributed by atoms with Gasteiger partial charge in [-0.25, -0.2) is 0 Å². The Bertz CT molecular complexity index is 393. The SMILES string of the molecule is CN(CCCCNC(=O)C=NO)Cc1ccccc1. The van der Waals surface area contributed by atoms with E-state index >= 15 is 0 Å². The lowest BCUT2D eigenvalue weighted by molar-refractivity contribution is -0.114. The number of oxime groups is 1. The molecular weight excluding hydrogens is 242 g/mol. The van der Waals surface area contributed by atoms with Crippen molar-refractivity contribution in [3.63, 3.8) is 0 Å². The molecule has 0 radical (unpaired) electrons. The Labute approximate surface area is 113 Å². The van der Waals surface area contributed by atoms with Crippen LogP contribution in [0.3, 0.4) is 0 Å². The van der Waals surface area contributed by atoms with Crippen LogP contribution in [0.15, 0.2) is 35.5 Å². The van der Waals surface area contributed by atoms with Gasteiger partial charge in [-0.05, 0) is 32.0 Å². The summed E-state index contributed by atoms with van der Waals surface area (Å²) >= 11 is 0. The lowest BCUT2D eigenvalue weighted by Gasteiger charge is -2.16. The van der Waals surface area contributed by atoms with E-state index in [0.717, 1.165) is 32.1 Å². The molecule has 1 aromatic rings. The average molecular weight is 263 g/mol. The van der Waals surface area contributed by atoms with Crippen molar-refractivity contribution in [3.8, 4) is 0 Å². The number of nitrogens with one attached hydrogen (secondary N) is 1. The van der Waals surface area contributed by atoms with E-state index < -0.39 is 0 Å². The molecule has 0 fully saturated rings. The number of carbonyl (C=O) groups excluding carboxylic acids is 1. The molecule has 0 spiro atoms. The first kappa shape index (κ1) is 15.2. The highest BCUT2D eigenvalue weighted by Gasteiger charge is 2.00. The number of hydrogen-bond donors (Lipinski definition) is 2. The predicted octanol–water partition coefficient (Wildman–Crippen LogP) is 1.47. The Morgan fingerprint density at radius 3 is 2.79 bits per heavy atom. The summed E-state index contributed by atoms with van der Waals surface area (Å²) in [6.07, 6.45) is 2.78. The Balaban J connectivity index is 2.08. The third-order valence-electron chi connectivity index (χ3n) is 2.74. The van der Waals surface area contributed by atoms with Crippen LogP contribution < -0.4 is 5.32 Å². The van der Waals surface area contributed by atoms with Crippen LogP contribution in [0.2, 0.25) is 0 Å². The first-order valence-electron chi connectivity index (χ1n) is 6.40. The zero-order chi connectivity index (χ0) is 13.9. The van der Waals surface area contributed by atoms with E-state index in [0.29, 0.717) is 6.54 Å². The molecule has 104 valence electrons. The van der Waals surface area contributed by atoms with Gasteiger partial charge in [0, 0.05) is 13.1 Å². The van der Waals surface area contributed by atoms with Crippen LogP contribution in [-0.4, -0.2) is 42.4 Å². The second kappa shape index (κ2) is 9.10. The molecule has 2 N–H and O–H groups in total. The van der Waals surface area contributed by atoms with Crippen molar-refractivity contribution in [2.75, 3.05) is 20.1 Å². The van der Waals surface area contributed by atoms with Crippen molar-refractivity contribution in [2.45, 2.75) is 19.4 Å². The minimum absolute atomic E-state index is 0.361. The van der Waals surface area contributed by atoms with Crippen LogP contribution in [0.1, 0.15) is 18.4 Å². The van der Waals surface area contributed by atoms with Crippen LogP contribution in [0.5, 0.6) is 0 Å². The summed E-state index contributed by atoms with van der Waals surface area (Å²) in [7, 11) is 2.09. The second-order valence-corrected chi connectivity index (χ2v) is 4.47. The zero-order valence-corrected chi connectivity index (χ0v) is 11.2. The average Bonchev–Trinajstić information content (AvgIpc) is 2.40. The fraction of sp³-hybridized carbons (Fsp3) is 0.429. The molecule has 1 rings (SSSR count). The predicted molar refractivity (Wildman–Crippen MR) is 75.3 cm³/mol. The van der Waals surface area contributed by atoms with Crippen LogP contribution >= 0.6 is 0 Å². The Kier molecular flexibility index (Phi) is 7.27. The molecule has 0 aliphatic rings. The summed E-state index contributed by atoms with van der Waals surface area (Å²) < 4.78 is 0. The molecule has 0 saturated carbocycles. The van der Waals surface area contributed by atoms with Gasteiger partial charge in [0.1, 0.15) is 6.21 Å². The number of amides is 1. The topological polar surface area (TPSA) is 64.9 Å². The summed E-state index contributed by atoms with van der Waals surface area (Å²) in [6, 6.07) is 10.3. The highest BCUT2D eigenvalue weighted by molar-refractivity contribution is 6.25. The van der Waals surface area contributed by atoms with Crippen molar-refractivity contribution < 1.29 is 10.0 Å². The smallest absolute Gasteiger partial charge is 0.265 e. The number of benzene rings is 1. The molecule has 5 heteroatoms. The monoisotopic (exact) mass is 263 g/mol. The van der Waals surface area contributed by atoms with E-state index in [9.17, 15) is 4.79 Å². The van der Waals surface area contributed by atoms with Crippen molar-refractivity contribution in [3.05, 3.63) is 35.9 Å². The molecule has 0 aliphatic carbocycles. The molecule has 19 heavy (non-hydrogen) atoms. The maximum absolute atomic E-state index is 11.0. The first-order chi connectivity index (χ1) is 9.22. The van der Waals surface area contributed by atoms with Gasteiger partial charge in [-0.15, -0.1) is 0 Å². The molecular formula is C14H21N3O2. The number of rotatable bonds is 8. The molecule has 0 aliphatic heterocycles. The van der Waals surface area contributed by atoms with Gasteiger partial charge in [0.05, 0.1) is 0 Å². The number of nitrogens with zero attached hydrogens (tertiary/aromatic N) is 2. The maximum Gasteiger partial charge on any atom is 0.265 e. The van der Waals surface area contributed by atoms with Crippen LogP contribution in [-0.2, 0) is 11.3 Å². The number of unbranched alkanes of at least 4 members (excludes halogenated alkanes) is 1. The van der Waals surface area contributed by atoms with Crippen molar-refractivity contribution in [1.82, 2.24) is 10.2 Å². The van der Waals surface area contributed by atoms with Crippen LogP contribution in [0.4, 0.5) is 0 Å². The Hall–Kier alpha value is -1.88. The third-order valence-corrected chi connectivity index (χ3v) is 2.74. The molecule has 5 nitrogen and oxygen atoms in total. The van der Waals surface area contributed by atoms with Crippen LogP contribution in [0, 0.1) is 0 Å². The van der Waals surface area contributed by atoms with E-state index in [-0.39, 0.29) is 5.91 Å². The molecule has 0 atom stereocenters. The highest BCUT2D eigenvalue weighted by atomic mass is 16.4. The molecule has 0 aromatic heterocycles. The van der Waals surface area contributed by atoms with Gasteiger partial charge in [-0.3, -0.25) is 4.79 Å². The van der Waals surface area contributed by atoms with Gasteiger partial charge in [0.25, 0.3) is 5.91 Å². The largest absolute Gasteiger partial charge is 0.411 e. The van der Waals surface area contributed by atoms with Gasteiger partial charge >= 0.3 is 0 Å². The van der Waals surface area contributed by atoms with Gasteiger partial charge in [-0.1, -0.05) is 35.5 Å². The standard InChI is InChI=1S/C14H21N3O2/c1-17(12-13-7-3-2-4-8-13)10-6-5-9-15-14(18)11-16-19/h2-4,7-8,11,19H,5-6,9-10,12H2,1H3,(H,15,18). The summed E-state index contributed by atoms with van der Waals surface area (Å²) in [5.74, 6) is -0.361. The van der Waals surface area contributed by atoms with Gasteiger partial charge < -0.3 is 15.4 Å². The van der Waals surface area contributed by atoms with E-state index in [2.05, 4.69) is 34.6 Å². The molecule has 0 bridgehead atoms. The van der Waals surface area contributed by atoms with E-state index in [1.54, 1.807) is 0 Å². The Morgan fingerprint density at radius 1 is 1.37 bits per heavy atom. The minimum atomic E-state index is -0.361. The normalized spacial score (nSPS) is 11.1. The summed E-state index contributed by atoms with van der Waals surface area (Å²) in [4.78, 5) is 13.2. The third kappa shape index (κ3) is 7.21. The van der Waals surface area contributed by atoms with Crippen molar-refractivity contribution >= 4 is 12.1 Å². The zero-order valence-electron chi connectivity index (χ0n) is 11.2. The fourth-order valence-corrected chi connectivity index (χ4v) is 1.79. The highest BCUT2D eigenvalue weighted by Crippen LogP contribution is 2.03. The lowest BCUT2D eigenvalue weighted by Crippen LogP contribution is -2.26.